The molecule has 190 valence electrons. The Morgan fingerprint density at radius 3 is 2.32 bits per heavy atom. The molecule has 2 aromatic heterocycles. The SMILES string of the molecule is CSc1ccc(C(F)(F)F)cc1NC(=O)Nc1cnc(Oc2ccc(-c3cc(F)cnc3N)cc2)nc1. The summed E-state index contributed by atoms with van der Waals surface area (Å²) in [6, 6.07) is 10.1. The average Bonchev–Trinajstić information content (AvgIpc) is 2.86. The molecule has 0 bridgehead atoms. The number of nitrogens with two attached hydrogens (primary N) is 1. The van der Waals surface area contributed by atoms with Crippen molar-refractivity contribution in [2.75, 3.05) is 22.6 Å². The first kappa shape index (κ1) is 25.7. The second kappa shape index (κ2) is 10.7. The molecule has 2 amide bonds. The number of alkyl halides is 3. The van der Waals surface area contributed by atoms with Crippen LogP contribution >= 0.6 is 11.8 Å². The van der Waals surface area contributed by atoms with E-state index in [-0.39, 0.29) is 23.2 Å². The molecule has 0 saturated heterocycles. The Hall–Kier alpha value is -4.39. The van der Waals surface area contributed by atoms with Gasteiger partial charge in [0.2, 0.25) is 0 Å². The summed E-state index contributed by atoms with van der Waals surface area (Å²) in [5, 5.41) is 4.87. The lowest BCUT2D eigenvalue weighted by Crippen LogP contribution is -2.20. The highest BCUT2D eigenvalue weighted by Gasteiger charge is 2.31. The summed E-state index contributed by atoms with van der Waals surface area (Å²) >= 11 is 1.19. The van der Waals surface area contributed by atoms with E-state index < -0.39 is 23.6 Å². The van der Waals surface area contributed by atoms with Crippen molar-refractivity contribution < 1.29 is 27.1 Å². The summed E-state index contributed by atoms with van der Waals surface area (Å²) in [5.41, 5.74) is 6.19. The van der Waals surface area contributed by atoms with Crippen LogP contribution in [0.3, 0.4) is 0 Å². The Balaban J connectivity index is 1.39. The van der Waals surface area contributed by atoms with Crippen LogP contribution in [0, 0.1) is 5.82 Å². The molecule has 4 rings (SSSR count). The first-order chi connectivity index (χ1) is 17.6. The molecule has 0 spiro atoms. The second-order valence-electron chi connectivity index (χ2n) is 7.46. The zero-order valence-corrected chi connectivity index (χ0v) is 19.8. The van der Waals surface area contributed by atoms with Crippen LogP contribution in [0.4, 0.5) is 39.5 Å². The summed E-state index contributed by atoms with van der Waals surface area (Å²) in [6.07, 6.45) is 0.717. The van der Waals surface area contributed by atoms with Gasteiger partial charge in [0, 0.05) is 10.5 Å². The molecule has 2 heterocycles. The van der Waals surface area contributed by atoms with E-state index in [1.165, 1.54) is 36.3 Å². The number of anilines is 3. The molecule has 0 radical (unpaired) electrons. The lowest BCUT2D eigenvalue weighted by atomic mass is 10.1. The van der Waals surface area contributed by atoms with Crippen LogP contribution in [-0.2, 0) is 6.18 Å². The lowest BCUT2D eigenvalue weighted by Gasteiger charge is -2.14. The van der Waals surface area contributed by atoms with Crippen LogP contribution in [0.25, 0.3) is 11.1 Å². The molecule has 4 aromatic rings. The third-order valence-electron chi connectivity index (χ3n) is 4.92. The van der Waals surface area contributed by atoms with Crippen molar-refractivity contribution in [3.8, 4) is 22.9 Å². The summed E-state index contributed by atoms with van der Waals surface area (Å²) in [4.78, 5) is 24.6. The highest BCUT2D eigenvalue weighted by molar-refractivity contribution is 7.98. The van der Waals surface area contributed by atoms with Crippen molar-refractivity contribution in [1.29, 1.82) is 0 Å². The molecule has 0 saturated carbocycles. The van der Waals surface area contributed by atoms with Crippen LogP contribution in [0.5, 0.6) is 11.8 Å². The van der Waals surface area contributed by atoms with Gasteiger partial charge >= 0.3 is 18.2 Å². The fourth-order valence-electron chi connectivity index (χ4n) is 3.19. The van der Waals surface area contributed by atoms with Crippen molar-refractivity contribution in [2.24, 2.45) is 0 Å². The zero-order valence-electron chi connectivity index (χ0n) is 19.0. The van der Waals surface area contributed by atoms with Crippen molar-refractivity contribution in [3.63, 3.8) is 0 Å². The Morgan fingerprint density at radius 1 is 0.973 bits per heavy atom. The van der Waals surface area contributed by atoms with Gasteiger partial charge in [-0.2, -0.15) is 13.2 Å². The topological polar surface area (TPSA) is 115 Å². The number of pyridine rings is 1. The lowest BCUT2D eigenvalue weighted by molar-refractivity contribution is -0.137. The van der Waals surface area contributed by atoms with E-state index in [4.69, 9.17) is 10.5 Å². The first-order valence-electron chi connectivity index (χ1n) is 10.5. The normalized spacial score (nSPS) is 11.2. The van der Waals surface area contributed by atoms with Crippen LogP contribution < -0.4 is 21.1 Å². The average molecular weight is 531 g/mol. The number of thioether (sulfide) groups is 1. The Kier molecular flexibility index (Phi) is 7.43. The van der Waals surface area contributed by atoms with E-state index in [9.17, 15) is 22.4 Å². The van der Waals surface area contributed by atoms with Gasteiger partial charge in [-0.05, 0) is 48.2 Å². The molecular weight excluding hydrogens is 512 g/mol. The van der Waals surface area contributed by atoms with Crippen molar-refractivity contribution in [3.05, 3.63) is 78.5 Å². The Morgan fingerprint density at radius 2 is 1.68 bits per heavy atom. The predicted molar refractivity (Wildman–Crippen MR) is 132 cm³/mol. The fraction of sp³-hybridized carbons (Fsp3) is 0.0833. The van der Waals surface area contributed by atoms with Crippen LogP contribution in [0.15, 0.2) is 72.0 Å². The van der Waals surface area contributed by atoms with E-state index in [1.54, 1.807) is 30.5 Å². The maximum atomic E-state index is 13.5. The molecule has 0 atom stereocenters. The molecule has 0 aliphatic heterocycles. The number of nitrogen functional groups attached to an aromatic ring is 1. The van der Waals surface area contributed by atoms with Gasteiger partial charge in [0.1, 0.15) is 17.4 Å². The van der Waals surface area contributed by atoms with E-state index in [1.807, 2.05) is 0 Å². The molecule has 2 aromatic carbocycles. The fourth-order valence-corrected chi connectivity index (χ4v) is 3.72. The highest BCUT2D eigenvalue weighted by Crippen LogP contribution is 2.35. The summed E-state index contributed by atoms with van der Waals surface area (Å²) in [5.74, 6) is 0.0577. The maximum Gasteiger partial charge on any atom is 0.416 e. The number of nitrogens with one attached hydrogen (secondary N) is 2. The number of ether oxygens (including phenoxy) is 1. The number of hydrogen-bond acceptors (Lipinski definition) is 7. The number of hydrogen-bond donors (Lipinski definition) is 3. The first-order valence-corrected chi connectivity index (χ1v) is 11.7. The number of carbonyl (C=O) groups excluding carboxylic acids is 1. The Labute approximate surface area is 212 Å². The maximum absolute atomic E-state index is 13.5. The van der Waals surface area contributed by atoms with Gasteiger partial charge in [-0.1, -0.05) is 12.1 Å². The standard InChI is InChI=1S/C24H18F4N6O2S/c1-37-20-7-4-14(24(26,27)28)8-19(20)34-22(35)33-16-11-31-23(32-12-16)36-17-5-2-13(3-6-17)18-9-15(25)10-30-21(18)29/h2-12H,1H3,(H2,29,30)(H2,33,34,35). The van der Waals surface area contributed by atoms with Gasteiger partial charge in [-0.25, -0.2) is 24.1 Å². The van der Waals surface area contributed by atoms with E-state index >= 15 is 0 Å². The quantitative estimate of drug-likeness (QED) is 0.194. The van der Waals surface area contributed by atoms with Gasteiger partial charge in [-0.3, -0.25) is 0 Å². The van der Waals surface area contributed by atoms with E-state index in [0.29, 0.717) is 21.8 Å². The smallest absolute Gasteiger partial charge is 0.416 e. The molecule has 0 aliphatic carbocycles. The number of aromatic nitrogens is 3. The minimum Gasteiger partial charge on any atom is -0.424 e. The molecule has 0 aliphatic rings. The van der Waals surface area contributed by atoms with Gasteiger partial charge in [0.05, 0.1) is 35.5 Å². The van der Waals surface area contributed by atoms with Crippen molar-refractivity contribution in [2.45, 2.75) is 11.1 Å². The molecule has 8 nitrogen and oxygen atoms in total. The summed E-state index contributed by atoms with van der Waals surface area (Å²) in [7, 11) is 0. The van der Waals surface area contributed by atoms with Crippen molar-refractivity contribution in [1.82, 2.24) is 15.0 Å². The number of rotatable bonds is 6. The van der Waals surface area contributed by atoms with E-state index in [0.717, 1.165) is 18.3 Å². The number of halogens is 4. The predicted octanol–water partition coefficient (Wildman–Crippen LogP) is 6.44. The van der Waals surface area contributed by atoms with Gasteiger partial charge in [0.15, 0.2) is 0 Å². The molecular formula is C24H18F4N6O2S. The minimum absolute atomic E-state index is 0.0138. The van der Waals surface area contributed by atoms with E-state index in [2.05, 4.69) is 25.6 Å². The largest absolute Gasteiger partial charge is 0.424 e. The molecule has 4 N–H and O–H groups in total. The van der Waals surface area contributed by atoms with Crippen molar-refractivity contribution >= 4 is 35.0 Å². The van der Waals surface area contributed by atoms with Crippen LogP contribution in [0.1, 0.15) is 5.56 Å². The van der Waals surface area contributed by atoms with Gasteiger partial charge < -0.3 is 21.1 Å². The number of nitrogens with zero attached hydrogens (tertiary/aromatic N) is 3. The van der Waals surface area contributed by atoms with Gasteiger partial charge in [0.25, 0.3) is 0 Å². The summed E-state index contributed by atoms with van der Waals surface area (Å²) in [6.45, 7) is 0. The third-order valence-corrected chi connectivity index (χ3v) is 5.72. The van der Waals surface area contributed by atoms with Crippen LogP contribution in [-0.4, -0.2) is 27.2 Å². The zero-order chi connectivity index (χ0) is 26.6. The number of carbonyl (C=O) groups is 1. The highest BCUT2D eigenvalue weighted by atomic mass is 32.2. The number of urea groups is 1. The minimum atomic E-state index is -4.54. The molecule has 13 heteroatoms. The van der Waals surface area contributed by atoms with Gasteiger partial charge in [-0.15, -0.1) is 11.8 Å². The Bertz CT molecular complexity index is 1420. The molecule has 0 unspecified atom stereocenters. The summed E-state index contributed by atoms with van der Waals surface area (Å²) < 4.78 is 58.1. The number of amides is 2. The molecule has 0 fully saturated rings. The van der Waals surface area contributed by atoms with Crippen LogP contribution in [0.2, 0.25) is 0 Å². The second-order valence-corrected chi connectivity index (χ2v) is 8.31. The molecule has 37 heavy (non-hydrogen) atoms. The number of benzene rings is 2. The monoisotopic (exact) mass is 530 g/mol. The third kappa shape index (κ3) is 6.44.